The topological polar surface area (TPSA) is 38.7 Å². The van der Waals surface area contributed by atoms with Crippen LogP contribution in [-0.2, 0) is 0 Å². The number of aliphatic hydroxyl groups excluding tert-OH is 1. The highest BCUT2D eigenvalue weighted by Gasteiger charge is 1.99. The summed E-state index contributed by atoms with van der Waals surface area (Å²) in [5.74, 6) is 1.40. The van der Waals surface area contributed by atoms with Crippen LogP contribution < -0.4 is 9.47 Å². The van der Waals surface area contributed by atoms with E-state index in [0.717, 1.165) is 5.75 Å². The van der Waals surface area contributed by atoms with Gasteiger partial charge in [-0.25, -0.2) is 0 Å². The Morgan fingerprint density at radius 3 is 2.77 bits per heavy atom. The Labute approximate surface area is 77.9 Å². The van der Waals surface area contributed by atoms with E-state index in [1.165, 1.54) is 0 Å². The average Bonchev–Trinajstić information content (AvgIpc) is 2.15. The summed E-state index contributed by atoms with van der Waals surface area (Å²) in [7, 11) is 1.59. The van der Waals surface area contributed by atoms with Gasteiger partial charge < -0.3 is 14.6 Å². The summed E-state index contributed by atoms with van der Waals surface area (Å²) in [6, 6.07) is 7.20. The first-order chi connectivity index (χ1) is 6.22. The molecule has 0 heterocycles. The number of aliphatic hydroxyl groups is 1. The Hall–Kier alpha value is -1.22. The summed E-state index contributed by atoms with van der Waals surface area (Å²) in [6.45, 7) is 3.58. The molecule has 1 N–H and O–H groups in total. The van der Waals surface area contributed by atoms with Gasteiger partial charge in [-0.1, -0.05) is 6.07 Å². The molecule has 1 rings (SSSR count). The lowest BCUT2D eigenvalue weighted by Gasteiger charge is -2.08. The highest BCUT2D eigenvalue weighted by molar-refractivity contribution is 5.32. The molecule has 1 atom stereocenters. The molecule has 0 saturated carbocycles. The molecular weight excluding hydrogens is 168 g/mol. The average molecular weight is 181 g/mol. The molecule has 0 aliphatic heterocycles. The van der Waals surface area contributed by atoms with E-state index < -0.39 is 6.10 Å². The zero-order valence-corrected chi connectivity index (χ0v) is 7.56. The van der Waals surface area contributed by atoms with E-state index in [1.54, 1.807) is 19.2 Å². The first-order valence-corrected chi connectivity index (χ1v) is 4.00. The van der Waals surface area contributed by atoms with Crippen molar-refractivity contribution in [3.63, 3.8) is 0 Å². The SMILES string of the molecule is [CH2]C(O)COc1cccc(OC)c1. The van der Waals surface area contributed by atoms with Crippen molar-refractivity contribution in [1.82, 2.24) is 0 Å². The minimum absolute atomic E-state index is 0.188. The summed E-state index contributed by atoms with van der Waals surface area (Å²) in [6.07, 6.45) is -0.703. The summed E-state index contributed by atoms with van der Waals surface area (Å²) >= 11 is 0. The predicted molar refractivity (Wildman–Crippen MR) is 49.9 cm³/mol. The molecule has 0 bridgehead atoms. The monoisotopic (exact) mass is 181 g/mol. The minimum atomic E-state index is -0.703. The second-order valence-electron chi connectivity index (χ2n) is 2.64. The fraction of sp³-hybridized carbons (Fsp3) is 0.300. The standard InChI is InChI=1S/C10H13O3/c1-8(11)7-13-10-5-3-4-9(6-10)12-2/h3-6,8,11H,1,7H2,2H3. The molecule has 0 saturated heterocycles. The predicted octanol–water partition coefficient (Wildman–Crippen LogP) is 1.27. The molecule has 3 heteroatoms. The van der Waals surface area contributed by atoms with E-state index in [0.29, 0.717) is 5.75 Å². The van der Waals surface area contributed by atoms with Gasteiger partial charge in [-0.3, -0.25) is 0 Å². The van der Waals surface area contributed by atoms with Gasteiger partial charge >= 0.3 is 0 Å². The van der Waals surface area contributed by atoms with Gasteiger partial charge in [0.05, 0.1) is 13.2 Å². The molecular formula is C10H13O3. The number of hydrogen-bond acceptors (Lipinski definition) is 3. The maximum atomic E-state index is 8.87. The third kappa shape index (κ3) is 3.34. The molecule has 1 unspecified atom stereocenters. The smallest absolute Gasteiger partial charge is 0.123 e. The summed E-state index contributed by atoms with van der Waals surface area (Å²) in [4.78, 5) is 0. The number of benzene rings is 1. The molecule has 0 amide bonds. The van der Waals surface area contributed by atoms with Gasteiger partial charge in [-0.05, 0) is 19.1 Å². The van der Waals surface area contributed by atoms with Crippen LogP contribution in [0.25, 0.3) is 0 Å². The van der Waals surface area contributed by atoms with Crippen LogP contribution in [0.3, 0.4) is 0 Å². The van der Waals surface area contributed by atoms with Crippen molar-refractivity contribution in [1.29, 1.82) is 0 Å². The number of hydrogen-bond donors (Lipinski definition) is 1. The van der Waals surface area contributed by atoms with Crippen molar-refractivity contribution >= 4 is 0 Å². The highest BCUT2D eigenvalue weighted by Crippen LogP contribution is 2.18. The first kappa shape index (κ1) is 9.86. The quantitative estimate of drug-likeness (QED) is 0.760. The Morgan fingerprint density at radius 1 is 1.46 bits per heavy atom. The molecule has 1 radical (unpaired) electrons. The lowest BCUT2D eigenvalue weighted by atomic mass is 10.3. The van der Waals surface area contributed by atoms with Crippen LogP contribution in [0.15, 0.2) is 24.3 Å². The fourth-order valence-corrected chi connectivity index (χ4v) is 0.883. The van der Waals surface area contributed by atoms with Crippen LogP contribution in [0.4, 0.5) is 0 Å². The summed E-state index contributed by atoms with van der Waals surface area (Å²) < 4.78 is 10.2. The van der Waals surface area contributed by atoms with Gasteiger partial charge in [-0.15, -0.1) is 0 Å². The summed E-state index contributed by atoms with van der Waals surface area (Å²) in [5, 5.41) is 8.87. The third-order valence-corrected chi connectivity index (χ3v) is 1.48. The molecule has 0 aromatic heterocycles. The lowest BCUT2D eigenvalue weighted by Crippen LogP contribution is -2.13. The van der Waals surface area contributed by atoms with Gasteiger partial charge in [0.25, 0.3) is 0 Å². The molecule has 13 heavy (non-hydrogen) atoms. The Kier molecular flexibility index (Phi) is 3.58. The van der Waals surface area contributed by atoms with Crippen LogP contribution >= 0.6 is 0 Å². The number of methoxy groups -OCH3 is 1. The molecule has 0 aliphatic carbocycles. The summed E-state index contributed by atoms with van der Waals surface area (Å²) in [5.41, 5.74) is 0. The zero-order chi connectivity index (χ0) is 9.68. The Bertz CT molecular complexity index is 258. The molecule has 71 valence electrons. The molecule has 3 nitrogen and oxygen atoms in total. The second-order valence-corrected chi connectivity index (χ2v) is 2.64. The van der Waals surface area contributed by atoms with Crippen molar-refractivity contribution in [3.05, 3.63) is 31.2 Å². The van der Waals surface area contributed by atoms with Gasteiger partial charge in [0.2, 0.25) is 0 Å². The van der Waals surface area contributed by atoms with Crippen molar-refractivity contribution in [2.24, 2.45) is 0 Å². The van der Waals surface area contributed by atoms with Gasteiger partial charge in [-0.2, -0.15) is 0 Å². The molecule has 0 spiro atoms. The molecule has 0 aliphatic rings. The van der Waals surface area contributed by atoms with Crippen LogP contribution in [0.1, 0.15) is 0 Å². The van der Waals surface area contributed by atoms with Crippen LogP contribution in [0, 0.1) is 6.92 Å². The maximum absolute atomic E-state index is 8.87. The van der Waals surface area contributed by atoms with Crippen molar-refractivity contribution in [3.8, 4) is 11.5 Å². The highest BCUT2D eigenvalue weighted by atomic mass is 16.5. The van der Waals surface area contributed by atoms with E-state index in [-0.39, 0.29) is 6.61 Å². The van der Waals surface area contributed by atoms with Crippen LogP contribution in [0.2, 0.25) is 0 Å². The number of rotatable bonds is 4. The van der Waals surface area contributed by atoms with E-state index in [1.807, 2.05) is 12.1 Å². The van der Waals surface area contributed by atoms with E-state index in [4.69, 9.17) is 14.6 Å². The molecule has 1 aromatic carbocycles. The van der Waals surface area contributed by atoms with Crippen molar-refractivity contribution in [2.45, 2.75) is 6.10 Å². The van der Waals surface area contributed by atoms with E-state index in [2.05, 4.69) is 6.92 Å². The minimum Gasteiger partial charge on any atom is -0.497 e. The second kappa shape index (κ2) is 4.72. The molecule has 1 aromatic rings. The Morgan fingerprint density at radius 2 is 2.15 bits per heavy atom. The van der Waals surface area contributed by atoms with Gasteiger partial charge in [0.15, 0.2) is 0 Å². The molecule has 0 fully saturated rings. The van der Waals surface area contributed by atoms with Crippen LogP contribution in [-0.4, -0.2) is 24.9 Å². The van der Waals surface area contributed by atoms with Crippen molar-refractivity contribution in [2.75, 3.05) is 13.7 Å². The lowest BCUT2D eigenvalue weighted by molar-refractivity contribution is 0.142. The Balaban J connectivity index is 2.56. The first-order valence-electron chi connectivity index (χ1n) is 4.00. The van der Waals surface area contributed by atoms with Gasteiger partial charge in [0.1, 0.15) is 18.1 Å². The largest absolute Gasteiger partial charge is 0.497 e. The van der Waals surface area contributed by atoms with Crippen molar-refractivity contribution < 1.29 is 14.6 Å². The number of ether oxygens (including phenoxy) is 2. The van der Waals surface area contributed by atoms with E-state index in [9.17, 15) is 0 Å². The third-order valence-electron chi connectivity index (χ3n) is 1.48. The zero-order valence-electron chi connectivity index (χ0n) is 7.56. The van der Waals surface area contributed by atoms with Gasteiger partial charge in [0, 0.05) is 6.07 Å². The van der Waals surface area contributed by atoms with E-state index >= 15 is 0 Å². The fourth-order valence-electron chi connectivity index (χ4n) is 0.883. The normalized spacial score (nSPS) is 12.2. The maximum Gasteiger partial charge on any atom is 0.123 e. The van der Waals surface area contributed by atoms with Crippen LogP contribution in [0.5, 0.6) is 11.5 Å².